The number of anilines is 1. The Morgan fingerprint density at radius 2 is 2.09 bits per heavy atom. The first kappa shape index (κ1) is 16.7. The van der Waals surface area contributed by atoms with Gasteiger partial charge in [-0.2, -0.15) is 18.4 Å². The van der Waals surface area contributed by atoms with Crippen LogP contribution in [0.25, 0.3) is 5.69 Å². The average Bonchev–Trinajstić information content (AvgIpc) is 2.81. The molecule has 0 saturated heterocycles. The van der Waals surface area contributed by atoms with Gasteiger partial charge in [0.25, 0.3) is 0 Å². The van der Waals surface area contributed by atoms with E-state index >= 15 is 0 Å². The third-order valence-corrected chi connectivity index (χ3v) is 3.38. The van der Waals surface area contributed by atoms with Gasteiger partial charge in [-0.05, 0) is 12.1 Å². The number of rotatable bonds is 2. The van der Waals surface area contributed by atoms with Crippen LogP contribution in [0, 0.1) is 11.3 Å². The normalized spacial score (nSPS) is 11.1. The first-order valence-electron chi connectivity index (χ1n) is 6.07. The maximum absolute atomic E-state index is 13.2. The van der Waals surface area contributed by atoms with Crippen LogP contribution in [0.3, 0.4) is 0 Å². The first-order valence-corrected chi connectivity index (χ1v) is 6.45. The molecule has 23 heavy (non-hydrogen) atoms. The minimum atomic E-state index is -4.72. The highest BCUT2D eigenvalue weighted by Crippen LogP contribution is 2.39. The zero-order chi connectivity index (χ0) is 17.4. The molecule has 0 fully saturated rings. The minimum Gasteiger partial charge on any atom is -0.464 e. The van der Waals surface area contributed by atoms with Crippen molar-refractivity contribution in [2.24, 2.45) is 0 Å². The summed E-state index contributed by atoms with van der Waals surface area (Å²) in [5.41, 5.74) is 3.24. The standard InChI is InChI=1S/C14H9ClF3N3O2/c1-23-13(22)12-10(20)7(5-19)6-21(12)11-8(14(16,17)18)3-2-4-9(11)15/h2-4,6H,20H2,1H3. The van der Waals surface area contributed by atoms with Gasteiger partial charge >= 0.3 is 12.1 Å². The van der Waals surface area contributed by atoms with E-state index in [-0.39, 0.29) is 16.3 Å². The van der Waals surface area contributed by atoms with Crippen LogP contribution in [0.2, 0.25) is 5.02 Å². The molecule has 0 atom stereocenters. The fourth-order valence-electron chi connectivity index (χ4n) is 2.08. The number of hydrogen-bond acceptors (Lipinski definition) is 4. The maximum Gasteiger partial charge on any atom is 0.418 e. The van der Waals surface area contributed by atoms with Gasteiger partial charge in [0.05, 0.1) is 34.6 Å². The predicted molar refractivity (Wildman–Crippen MR) is 76.2 cm³/mol. The molecule has 9 heteroatoms. The molecule has 0 amide bonds. The van der Waals surface area contributed by atoms with Crippen LogP contribution in [-0.4, -0.2) is 17.6 Å². The number of methoxy groups -OCH3 is 1. The summed E-state index contributed by atoms with van der Waals surface area (Å²) in [4.78, 5) is 11.9. The number of para-hydroxylation sites is 1. The van der Waals surface area contributed by atoms with Gasteiger partial charge in [-0.15, -0.1) is 0 Å². The molecule has 0 aliphatic carbocycles. The molecule has 1 aromatic heterocycles. The summed E-state index contributed by atoms with van der Waals surface area (Å²) >= 11 is 5.90. The van der Waals surface area contributed by atoms with Crippen molar-refractivity contribution >= 4 is 23.3 Å². The number of ether oxygens (including phenoxy) is 1. The Morgan fingerprint density at radius 3 is 2.61 bits per heavy atom. The summed E-state index contributed by atoms with van der Waals surface area (Å²) < 4.78 is 45.1. The summed E-state index contributed by atoms with van der Waals surface area (Å²) in [6.07, 6.45) is -3.71. The molecule has 0 unspecified atom stereocenters. The van der Waals surface area contributed by atoms with E-state index in [2.05, 4.69) is 4.74 Å². The third-order valence-electron chi connectivity index (χ3n) is 3.08. The number of nitrogens with two attached hydrogens (primary N) is 1. The van der Waals surface area contributed by atoms with E-state index in [4.69, 9.17) is 22.6 Å². The second kappa shape index (κ2) is 5.85. The number of nitrogens with zero attached hydrogens (tertiary/aromatic N) is 2. The van der Waals surface area contributed by atoms with Crippen LogP contribution >= 0.6 is 11.6 Å². The van der Waals surface area contributed by atoms with Crippen LogP contribution in [0.15, 0.2) is 24.4 Å². The highest BCUT2D eigenvalue weighted by atomic mass is 35.5. The average molecular weight is 344 g/mol. The zero-order valence-electron chi connectivity index (χ0n) is 11.6. The van der Waals surface area contributed by atoms with Crippen LogP contribution in [0.1, 0.15) is 21.6 Å². The Labute approximate surface area is 133 Å². The van der Waals surface area contributed by atoms with Gasteiger partial charge in [-0.3, -0.25) is 0 Å². The lowest BCUT2D eigenvalue weighted by atomic mass is 10.1. The molecular formula is C14H9ClF3N3O2. The number of alkyl halides is 3. The van der Waals surface area contributed by atoms with Gasteiger partial charge in [-0.1, -0.05) is 17.7 Å². The lowest BCUT2D eigenvalue weighted by Crippen LogP contribution is -2.16. The van der Waals surface area contributed by atoms with Crippen LogP contribution in [0.4, 0.5) is 18.9 Å². The highest BCUT2D eigenvalue weighted by molar-refractivity contribution is 6.32. The number of nitrogen functional groups attached to an aromatic ring is 1. The van der Waals surface area contributed by atoms with Crippen molar-refractivity contribution < 1.29 is 22.7 Å². The molecular weight excluding hydrogens is 335 g/mol. The lowest BCUT2D eigenvalue weighted by Gasteiger charge is -2.17. The molecule has 2 N–H and O–H groups in total. The van der Waals surface area contributed by atoms with Crippen molar-refractivity contribution in [3.63, 3.8) is 0 Å². The molecule has 0 radical (unpaired) electrons. The van der Waals surface area contributed by atoms with Gasteiger partial charge < -0.3 is 15.0 Å². The number of hydrogen-bond donors (Lipinski definition) is 1. The molecule has 1 heterocycles. The Hall–Kier alpha value is -2.66. The summed E-state index contributed by atoms with van der Waals surface area (Å²) in [6, 6.07) is 4.88. The van der Waals surface area contributed by atoms with E-state index in [1.165, 1.54) is 6.07 Å². The Balaban J connectivity index is 2.89. The summed E-state index contributed by atoms with van der Waals surface area (Å²) in [7, 11) is 1.04. The summed E-state index contributed by atoms with van der Waals surface area (Å²) in [5, 5.41) is 8.75. The lowest BCUT2D eigenvalue weighted by molar-refractivity contribution is -0.137. The van der Waals surface area contributed by atoms with Crippen molar-refractivity contribution in [2.45, 2.75) is 6.18 Å². The molecule has 0 saturated carbocycles. The van der Waals surface area contributed by atoms with E-state index in [1.54, 1.807) is 6.07 Å². The molecule has 1 aromatic carbocycles. The molecule has 120 valence electrons. The number of benzene rings is 1. The zero-order valence-corrected chi connectivity index (χ0v) is 12.4. The van der Waals surface area contributed by atoms with Crippen molar-refractivity contribution in [2.75, 3.05) is 12.8 Å². The summed E-state index contributed by atoms with van der Waals surface area (Å²) in [5.74, 6) is -0.989. The van der Waals surface area contributed by atoms with E-state index in [0.29, 0.717) is 0 Å². The number of esters is 1. The molecule has 0 bridgehead atoms. The smallest absolute Gasteiger partial charge is 0.418 e. The van der Waals surface area contributed by atoms with Crippen molar-refractivity contribution in [1.29, 1.82) is 5.26 Å². The number of aromatic nitrogens is 1. The molecule has 0 spiro atoms. The Bertz CT molecular complexity index is 822. The van der Waals surface area contributed by atoms with E-state index in [9.17, 15) is 18.0 Å². The largest absolute Gasteiger partial charge is 0.464 e. The number of carbonyl (C=O) groups excluding carboxylic acids is 1. The van der Waals surface area contributed by atoms with Crippen LogP contribution < -0.4 is 5.73 Å². The monoisotopic (exact) mass is 343 g/mol. The molecule has 0 aliphatic rings. The predicted octanol–water partition coefficient (Wildman–Crippen LogP) is 3.39. The van der Waals surface area contributed by atoms with Crippen molar-refractivity contribution in [1.82, 2.24) is 4.57 Å². The Morgan fingerprint density at radius 1 is 1.43 bits per heavy atom. The third kappa shape index (κ3) is 2.83. The van der Waals surface area contributed by atoms with Gasteiger partial charge in [0, 0.05) is 6.20 Å². The highest BCUT2D eigenvalue weighted by Gasteiger charge is 2.36. The van der Waals surface area contributed by atoms with E-state index in [1.807, 2.05) is 0 Å². The fraction of sp³-hybridized carbons (Fsp3) is 0.143. The quantitative estimate of drug-likeness (QED) is 0.847. The van der Waals surface area contributed by atoms with Crippen molar-refractivity contribution in [3.8, 4) is 11.8 Å². The van der Waals surface area contributed by atoms with Crippen LogP contribution in [-0.2, 0) is 10.9 Å². The second-order valence-corrected chi connectivity index (χ2v) is 4.82. The van der Waals surface area contributed by atoms with E-state index < -0.39 is 29.1 Å². The molecule has 0 aliphatic heterocycles. The Kier molecular flexibility index (Phi) is 4.25. The van der Waals surface area contributed by atoms with E-state index in [0.717, 1.165) is 30.0 Å². The molecule has 2 rings (SSSR count). The van der Waals surface area contributed by atoms with Crippen LogP contribution in [0.5, 0.6) is 0 Å². The van der Waals surface area contributed by atoms with Gasteiger partial charge in [-0.25, -0.2) is 4.79 Å². The minimum absolute atomic E-state index is 0.168. The second-order valence-electron chi connectivity index (χ2n) is 4.41. The molecule has 2 aromatic rings. The number of halogens is 4. The SMILES string of the molecule is COC(=O)c1c(N)c(C#N)cn1-c1c(Cl)cccc1C(F)(F)F. The fourth-order valence-corrected chi connectivity index (χ4v) is 2.35. The summed E-state index contributed by atoms with van der Waals surface area (Å²) in [6.45, 7) is 0. The van der Waals surface area contributed by atoms with Gasteiger partial charge in [0.1, 0.15) is 6.07 Å². The molecule has 5 nitrogen and oxygen atoms in total. The maximum atomic E-state index is 13.2. The topological polar surface area (TPSA) is 81.0 Å². The van der Waals surface area contributed by atoms with Crippen molar-refractivity contribution in [3.05, 3.63) is 46.2 Å². The van der Waals surface area contributed by atoms with Gasteiger partial charge in [0.2, 0.25) is 0 Å². The first-order chi connectivity index (χ1) is 10.7. The van der Waals surface area contributed by atoms with Gasteiger partial charge in [0.15, 0.2) is 5.69 Å². The number of nitriles is 1. The number of carbonyl (C=O) groups is 1.